The summed E-state index contributed by atoms with van der Waals surface area (Å²) in [6.07, 6.45) is 12.0. The average Bonchev–Trinajstić information content (AvgIpc) is 2.91. The third-order valence-corrected chi connectivity index (χ3v) is 8.32. The smallest absolute Gasteiger partial charge is 0.274 e. The number of rotatable bonds is 2. The van der Waals surface area contributed by atoms with Crippen molar-refractivity contribution in [3.8, 4) is 5.75 Å². The first-order valence-electron chi connectivity index (χ1n) is 12.4. The maximum Gasteiger partial charge on any atom is 0.274 e. The van der Waals surface area contributed by atoms with Crippen molar-refractivity contribution < 1.29 is 9.31 Å². The molecule has 3 nitrogen and oxygen atoms in total. The van der Waals surface area contributed by atoms with Gasteiger partial charge in [0.05, 0.1) is 11.3 Å². The highest BCUT2D eigenvalue weighted by molar-refractivity contribution is 8.04. The van der Waals surface area contributed by atoms with E-state index in [0.717, 1.165) is 40.7 Å². The summed E-state index contributed by atoms with van der Waals surface area (Å²) < 4.78 is 11.6. The summed E-state index contributed by atoms with van der Waals surface area (Å²) >= 11 is 1.91. The summed E-state index contributed by atoms with van der Waals surface area (Å²) in [6, 6.07) is 25.9. The maximum absolute atomic E-state index is 6.79. The highest BCUT2D eigenvalue weighted by Crippen LogP contribution is 2.47. The topological polar surface area (TPSA) is 15.2 Å². The van der Waals surface area contributed by atoms with Crippen LogP contribution in [0.4, 0.5) is 17.1 Å². The van der Waals surface area contributed by atoms with Crippen molar-refractivity contribution in [2.45, 2.75) is 25.5 Å². The standard InChI is InChI=1S/C32H26N2OS/c1-21-11-15-23(16-12-21)33-25-7-3-5-9-28(25)35-32-27(33)19-20-30-31(32)34(24-17-13-22(2)14-18-24)26-8-4-6-10-29(26)36-30/h3-18,20,29H,19H2,1-2H3/q+2. The lowest BCUT2D eigenvalue weighted by Crippen LogP contribution is -2.37. The molecule has 0 aromatic heterocycles. The van der Waals surface area contributed by atoms with Crippen LogP contribution in [-0.2, 0) is 0 Å². The van der Waals surface area contributed by atoms with Crippen molar-refractivity contribution in [2.75, 3.05) is 0 Å². The van der Waals surface area contributed by atoms with E-state index in [0.29, 0.717) is 0 Å². The fourth-order valence-corrected chi connectivity index (χ4v) is 6.49. The first-order valence-corrected chi connectivity index (χ1v) is 13.3. The highest BCUT2D eigenvalue weighted by Gasteiger charge is 2.47. The number of fused-ring (bicyclic) bond motifs is 4. The van der Waals surface area contributed by atoms with Gasteiger partial charge in [0.25, 0.3) is 17.1 Å². The Hall–Kier alpha value is -3.89. The van der Waals surface area contributed by atoms with Gasteiger partial charge in [0, 0.05) is 36.4 Å². The Labute approximate surface area is 215 Å². The van der Waals surface area contributed by atoms with Crippen LogP contribution in [0.2, 0.25) is 0 Å². The monoisotopic (exact) mass is 486 g/mol. The molecule has 2 aliphatic carbocycles. The molecule has 0 saturated heterocycles. The van der Waals surface area contributed by atoms with Gasteiger partial charge in [-0.25, -0.2) is 0 Å². The minimum Gasteiger partial charge on any atom is -0.438 e. The second-order valence-corrected chi connectivity index (χ2v) is 10.7. The molecule has 0 N–H and O–H groups in total. The minimum absolute atomic E-state index is 0.275. The van der Waals surface area contributed by atoms with Crippen LogP contribution in [0.1, 0.15) is 17.5 Å². The van der Waals surface area contributed by atoms with Gasteiger partial charge >= 0.3 is 0 Å². The van der Waals surface area contributed by atoms with Crippen LogP contribution in [-0.4, -0.2) is 21.2 Å². The van der Waals surface area contributed by atoms with Gasteiger partial charge in [-0.1, -0.05) is 71.8 Å². The molecule has 36 heavy (non-hydrogen) atoms. The molecule has 3 aromatic carbocycles. The number of nitrogens with zero attached hydrogens (tertiary/aromatic N) is 2. The van der Waals surface area contributed by atoms with E-state index in [1.54, 1.807) is 0 Å². The van der Waals surface area contributed by atoms with E-state index in [1.807, 2.05) is 11.8 Å². The Morgan fingerprint density at radius 2 is 1.50 bits per heavy atom. The van der Waals surface area contributed by atoms with Gasteiger partial charge in [-0.3, -0.25) is 0 Å². The largest absolute Gasteiger partial charge is 0.438 e. The third kappa shape index (κ3) is 3.36. The van der Waals surface area contributed by atoms with E-state index < -0.39 is 0 Å². The zero-order chi connectivity index (χ0) is 24.2. The Morgan fingerprint density at radius 1 is 0.806 bits per heavy atom. The minimum atomic E-state index is 0.275. The molecule has 0 spiro atoms. The molecule has 2 heterocycles. The SMILES string of the molecule is Cc1ccc([N+]2=C3C=CC=CC3SC3=CCC4=[N+](c5ccc(C)cc5)c5ccccc5OC4=C32)cc1. The lowest BCUT2D eigenvalue weighted by atomic mass is 10.0. The summed E-state index contributed by atoms with van der Waals surface area (Å²) in [6.45, 7) is 4.26. The quantitative estimate of drug-likeness (QED) is 0.349. The lowest BCUT2D eigenvalue weighted by Gasteiger charge is -2.29. The first-order chi connectivity index (χ1) is 17.7. The molecule has 1 unspecified atom stereocenters. The highest BCUT2D eigenvalue weighted by atomic mass is 32.2. The molecule has 0 radical (unpaired) electrons. The van der Waals surface area contributed by atoms with Crippen LogP contribution in [0.15, 0.2) is 120 Å². The number of thioether (sulfide) groups is 1. The second kappa shape index (κ2) is 8.35. The number of aryl methyl sites for hydroxylation is 2. The van der Waals surface area contributed by atoms with E-state index in [-0.39, 0.29) is 5.25 Å². The average molecular weight is 487 g/mol. The van der Waals surface area contributed by atoms with Crippen molar-refractivity contribution in [1.82, 2.24) is 4.58 Å². The van der Waals surface area contributed by atoms with Gasteiger partial charge in [0.15, 0.2) is 5.75 Å². The Morgan fingerprint density at radius 3 is 2.25 bits per heavy atom. The van der Waals surface area contributed by atoms with Crippen molar-refractivity contribution in [2.24, 2.45) is 0 Å². The summed E-state index contributed by atoms with van der Waals surface area (Å²) in [7, 11) is 0. The van der Waals surface area contributed by atoms with E-state index in [1.165, 1.54) is 27.5 Å². The second-order valence-electron chi connectivity index (χ2n) is 9.52. The zero-order valence-electron chi connectivity index (χ0n) is 20.3. The van der Waals surface area contributed by atoms with Gasteiger partial charge in [-0.15, -0.1) is 11.8 Å². The summed E-state index contributed by atoms with van der Waals surface area (Å²) in [4.78, 5) is 1.27. The number of hydrogen-bond acceptors (Lipinski definition) is 2. The number of hydrogen-bond donors (Lipinski definition) is 0. The van der Waals surface area contributed by atoms with Crippen molar-refractivity contribution in [3.63, 3.8) is 0 Å². The molecule has 1 atom stereocenters. The maximum atomic E-state index is 6.79. The van der Waals surface area contributed by atoms with Crippen LogP contribution in [0, 0.1) is 13.8 Å². The van der Waals surface area contributed by atoms with Crippen molar-refractivity contribution >= 4 is 40.2 Å². The molecule has 174 valence electrons. The van der Waals surface area contributed by atoms with Crippen LogP contribution in [0.5, 0.6) is 5.75 Å². The molecule has 0 fully saturated rings. The normalized spacial score (nSPS) is 19.8. The van der Waals surface area contributed by atoms with E-state index in [4.69, 9.17) is 4.74 Å². The van der Waals surface area contributed by atoms with Gasteiger partial charge < -0.3 is 4.74 Å². The molecule has 4 heteroatoms. The fourth-order valence-electron chi connectivity index (χ4n) is 5.27. The summed E-state index contributed by atoms with van der Waals surface area (Å²) in [5.41, 5.74) is 9.45. The molecule has 0 bridgehead atoms. The van der Waals surface area contributed by atoms with Gasteiger partial charge in [-0.05, 0) is 19.9 Å². The molecular formula is C32H26N2OS+2. The van der Waals surface area contributed by atoms with Crippen molar-refractivity contribution in [1.29, 1.82) is 0 Å². The fraction of sp³-hybridized carbons (Fsp3) is 0.125. The van der Waals surface area contributed by atoms with Crippen LogP contribution in [0.25, 0.3) is 0 Å². The molecule has 0 amide bonds. The number of ether oxygens (including phenoxy) is 1. The zero-order valence-corrected chi connectivity index (χ0v) is 21.1. The van der Waals surface area contributed by atoms with Gasteiger partial charge in [0.2, 0.25) is 22.8 Å². The predicted molar refractivity (Wildman–Crippen MR) is 150 cm³/mol. The van der Waals surface area contributed by atoms with E-state index in [9.17, 15) is 0 Å². The van der Waals surface area contributed by atoms with Crippen molar-refractivity contribution in [3.05, 3.63) is 131 Å². The molecular weight excluding hydrogens is 460 g/mol. The number of benzene rings is 3. The number of allylic oxidation sites excluding steroid dienone is 5. The molecule has 3 aromatic rings. The van der Waals surface area contributed by atoms with E-state index >= 15 is 0 Å². The first kappa shape index (κ1) is 21.4. The molecule has 2 aliphatic heterocycles. The Balaban J connectivity index is 1.54. The summed E-state index contributed by atoms with van der Waals surface area (Å²) in [5.74, 6) is 1.82. The van der Waals surface area contributed by atoms with Crippen LogP contribution >= 0.6 is 11.8 Å². The predicted octanol–water partition coefficient (Wildman–Crippen LogP) is 7.50. The summed E-state index contributed by atoms with van der Waals surface area (Å²) in [5, 5.41) is 0.275. The lowest BCUT2D eigenvalue weighted by molar-refractivity contribution is -0.381. The van der Waals surface area contributed by atoms with E-state index in [2.05, 4.69) is 126 Å². The van der Waals surface area contributed by atoms with Gasteiger partial charge in [0.1, 0.15) is 5.25 Å². The number of para-hydroxylation sites is 2. The van der Waals surface area contributed by atoms with Crippen LogP contribution in [0.3, 0.4) is 0 Å². The molecule has 4 aliphatic rings. The van der Waals surface area contributed by atoms with Crippen LogP contribution < -0.4 is 9.31 Å². The van der Waals surface area contributed by atoms with Gasteiger partial charge in [-0.2, -0.15) is 9.15 Å². The molecule has 0 saturated carbocycles. The molecule has 7 rings (SSSR count). The third-order valence-electron chi connectivity index (χ3n) is 7.06. The Bertz CT molecular complexity index is 1600. The Kier molecular flexibility index (Phi) is 4.96.